The molecule has 5 rings (SSSR count). The molecule has 0 unspecified atom stereocenters. The molecule has 1 amide bonds. The van der Waals surface area contributed by atoms with E-state index >= 15 is 0 Å². The number of amides is 1. The van der Waals surface area contributed by atoms with Gasteiger partial charge in [0.15, 0.2) is 5.78 Å². The first-order valence-electron chi connectivity index (χ1n) is 10.4. The third-order valence-corrected chi connectivity index (χ3v) is 10.2. The molecule has 0 saturated heterocycles. The van der Waals surface area contributed by atoms with E-state index in [0.29, 0.717) is 5.92 Å². The molecule has 2 saturated carbocycles. The van der Waals surface area contributed by atoms with E-state index in [1.165, 1.54) is 30.7 Å². The molecule has 156 valence electrons. The van der Waals surface area contributed by atoms with Crippen LogP contribution in [0.4, 0.5) is 0 Å². The summed E-state index contributed by atoms with van der Waals surface area (Å²) in [7, 11) is -3.86. The van der Waals surface area contributed by atoms with Crippen molar-refractivity contribution >= 4 is 21.5 Å². The Kier molecular flexibility index (Phi) is 3.92. The monoisotopic (exact) mass is 423 g/mol. The van der Waals surface area contributed by atoms with Crippen LogP contribution in [0.5, 0.6) is 0 Å². The predicted molar refractivity (Wildman–Crippen MR) is 112 cm³/mol. The van der Waals surface area contributed by atoms with Crippen molar-refractivity contribution in [2.45, 2.75) is 55.9 Å². The average molecular weight is 424 g/mol. The van der Waals surface area contributed by atoms with E-state index in [1.54, 1.807) is 18.2 Å². The fourth-order valence-electron chi connectivity index (χ4n) is 5.89. The topological polar surface area (TPSA) is 80.3 Å². The van der Waals surface area contributed by atoms with E-state index in [2.05, 4.69) is 26.1 Å². The second kappa shape index (κ2) is 6.03. The number of hydrogen-bond donors (Lipinski definition) is 1. The highest BCUT2D eigenvalue weighted by Gasteiger charge is 2.61. The molecule has 30 heavy (non-hydrogen) atoms. The Morgan fingerprint density at radius 1 is 1.03 bits per heavy atom. The number of hydrogen-bond acceptors (Lipinski definition) is 4. The number of rotatable bonds is 2. The normalized spacial score (nSPS) is 29.9. The van der Waals surface area contributed by atoms with Gasteiger partial charge in [0, 0.05) is 22.7 Å². The molecule has 3 aliphatic rings. The first kappa shape index (κ1) is 19.5. The van der Waals surface area contributed by atoms with Crippen molar-refractivity contribution < 1.29 is 18.0 Å². The second-order valence-corrected chi connectivity index (χ2v) is 11.6. The predicted octanol–water partition coefficient (Wildman–Crippen LogP) is 4.01. The number of benzene rings is 2. The van der Waals surface area contributed by atoms with E-state index in [9.17, 15) is 18.0 Å². The molecule has 0 aromatic heterocycles. The van der Waals surface area contributed by atoms with Crippen molar-refractivity contribution in [1.82, 2.24) is 5.32 Å². The fourth-order valence-corrected chi connectivity index (χ4v) is 7.57. The van der Waals surface area contributed by atoms with Crippen molar-refractivity contribution in [3.63, 3.8) is 0 Å². The Hall–Kier alpha value is -2.47. The number of nitrogens with one attached hydrogen (secondary N) is 1. The summed E-state index contributed by atoms with van der Waals surface area (Å²) < 4.78 is 26.2. The summed E-state index contributed by atoms with van der Waals surface area (Å²) in [5.41, 5.74) is 0.772. The van der Waals surface area contributed by atoms with Crippen LogP contribution in [0.1, 0.15) is 66.3 Å². The summed E-state index contributed by atoms with van der Waals surface area (Å²) in [5, 5.41) is 3.17. The number of carbonyl (C=O) groups is 2. The van der Waals surface area contributed by atoms with Crippen LogP contribution >= 0.6 is 0 Å². The van der Waals surface area contributed by atoms with Crippen LogP contribution in [-0.2, 0) is 9.84 Å². The molecule has 0 spiro atoms. The molecule has 6 heteroatoms. The summed E-state index contributed by atoms with van der Waals surface area (Å²) in [4.78, 5) is 25.8. The smallest absolute Gasteiger partial charge is 0.251 e. The SMILES string of the molecule is CC1(C)[C@H]2CC[C@]1(C)[C@H](NC(=O)c1ccc3c(c1)S(=O)(=O)c1ccccc1C3=O)C2. The van der Waals surface area contributed by atoms with Gasteiger partial charge in [0.25, 0.3) is 5.91 Å². The standard InChI is InChI=1S/C24H25NO4S/c1-23(2)15-10-11-24(23,3)20(13-15)25-22(27)14-8-9-17-19(12-14)30(28,29)18-7-5-4-6-16(18)21(17)26/h4-9,12,15,20H,10-11,13H2,1-3H3,(H,25,27)/t15-,20+,24+/m0/s1. The van der Waals surface area contributed by atoms with E-state index < -0.39 is 9.84 Å². The zero-order valence-corrected chi connectivity index (χ0v) is 18.2. The molecule has 1 heterocycles. The third-order valence-electron chi connectivity index (χ3n) is 8.30. The molecule has 2 bridgehead atoms. The van der Waals surface area contributed by atoms with Gasteiger partial charge in [-0.3, -0.25) is 9.59 Å². The van der Waals surface area contributed by atoms with Crippen LogP contribution in [0.3, 0.4) is 0 Å². The zero-order valence-electron chi connectivity index (χ0n) is 17.4. The fraction of sp³-hybridized carbons (Fsp3) is 0.417. The van der Waals surface area contributed by atoms with Crippen molar-refractivity contribution in [3.05, 3.63) is 59.2 Å². The lowest BCUT2D eigenvalue weighted by Crippen LogP contribution is -2.46. The average Bonchev–Trinajstić information content (AvgIpc) is 3.05. The molecule has 2 aliphatic carbocycles. The molecule has 1 N–H and O–H groups in total. The van der Waals surface area contributed by atoms with Crippen molar-refractivity contribution in [3.8, 4) is 0 Å². The Labute approximate surface area is 176 Å². The van der Waals surface area contributed by atoms with E-state index in [-0.39, 0.29) is 55.0 Å². The summed E-state index contributed by atoms with van der Waals surface area (Å²) in [6, 6.07) is 10.7. The molecule has 0 radical (unpaired) electrons. The van der Waals surface area contributed by atoms with Gasteiger partial charge < -0.3 is 5.32 Å². The van der Waals surface area contributed by atoms with Gasteiger partial charge in [0.2, 0.25) is 9.84 Å². The Balaban J connectivity index is 1.49. The van der Waals surface area contributed by atoms with Crippen molar-refractivity contribution in [2.75, 3.05) is 0 Å². The molecule has 2 fully saturated rings. The number of carbonyl (C=O) groups excluding carboxylic acids is 2. The molecule has 5 nitrogen and oxygen atoms in total. The van der Waals surface area contributed by atoms with Gasteiger partial charge in [-0.05, 0) is 66.3 Å². The van der Waals surface area contributed by atoms with Crippen LogP contribution in [0.25, 0.3) is 0 Å². The Morgan fingerprint density at radius 2 is 1.73 bits per heavy atom. The van der Waals surface area contributed by atoms with Crippen LogP contribution < -0.4 is 5.32 Å². The minimum Gasteiger partial charge on any atom is -0.349 e. The van der Waals surface area contributed by atoms with Crippen LogP contribution in [0, 0.1) is 16.7 Å². The van der Waals surface area contributed by atoms with Crippen LogP contribution in [0.15, 0.2) is 52.3 Å². The molecule has 2 aromatic carbocycles. The van der Waals surface area contributed by atoms with Gasteiger partial charge in [-0.25, -0.2) is 8.42 Å². The minimum atomic E-state index is -3.86. The Morgan fingerprint density at radius 3 is 2.40 bits per heavy atom. The zero-order chi connectivity index (χ0) is 21.5. The number of fused-ring (bicyclic) bond motifs is 4. The first-order chi connectivity index (χ1) is 14.1. The highest BCUT2D eigenvalue weighted by Crippen LogP contribution is 2.65. The quantitative estimate of drug-likeness (QED) is 0.675. The van der Waals surface area contributed by atoms with E-state index in [1.807, 2.05) is 0 Å². The van der Waals surface area contributed by atoms with Gasteiger partial charge in [-0.1, -0.05) is 32.9 Å². The largest absolute Gasteiger partial charge is 0.349 e. The van der Waals surface area contributed by atoms with Gasteiger partial charge in [-0.2, -0.15) is 0 Å². The lowest BCUT2D eigenvalue weighted by atomic mass is 9.69. The summed E-state index contributed by atoms with van der Waals surface area (Å²) in [6.45, 7) is 6.81. The highest BCUT2D eigenvalue weighted by atomic mass is 32.2. The second-order valence-electron chi connectivity index (χ2n) is 9.68. The van der Waals surface area contributed by atoms with Gasteiger partial charge in [0.1, 0.15) is 0 Å². The maximum Gasteiger partial charge on any atom is 0.251 e. The summed E-state index contributed by atoms with van der Waals surface area (Å²) in [5.74, 6) is -0.0236. The molecular formula is C24H25NO4S. The van der Waals surface area contributed by atoms with Gasteiger partial charge >= 0.3 is 0 Å². The maximum atomic E-state index is 13.1. The molecular weight excluding hydrogens is 398 g/mol. The van der Waals surface area contributed by atoms with Gasteiger partial charge in [-0.15, -0.1) is 0 Å². The Bertz CT molecular complexity index is 1210. The summed E-state index contributed by atoms with van der Waals surface area (Å²) in [6.07, 6.45) is 3.22. The first-order valence-corrected chi connectivity index (χ1v) is 11.9. The summed E-state index contributed by atoms with van der Waals surface area (Å²) >= 11 is 0. The lowest BCUT2D eigenvalue weighted by Gasteiger charge is -2.39. The van der Waals surface area contributed by atoms with E-state index in [4.69, 9.17) is 0 Å². The third kappa shape index (κ3) is 2.37. The van der Waals surface area contributed by atoms with E-state index in [0.717, 1.165) is 12.8 Å². The van der Waals surface area contributed by atoms with Gasteiger partial charge in [0.05, 0.1) is 9.79 Å². The highest BCUT2D eigenvalue weighted by molar-refractivity contribution is 7.91. The minimum absolute atomic E-state index is 0.00224. The van der Waals surface area contributed by atoms with Crippen LogP contribution in [-0.4, -0.2) is 26.2 Å². The maximum absolute atomic E-state index is 13.1. The lowest BCUT2D eigenvalue weighted by molar-refractivity contribution is 0.0825. The molecule has 2 aromatic rings. The molecule has 3 atom stereocenters. The molecule has 1 aliphatic heterocycles. The number of sulfone groups is 1. The van der Waals surface area contributed by atoms with Crippen molar-refractivity contribution in [2.24, 2.45) is 16.7 Å². The number of ketones is 1. The van der Waals surface area contributed by atoms with Crippen molar-refractivity contribution in [1.29, 1.82) is 0 Å². The van der Waals surface area contributed by atoms with Crippen LogP contribution in [0.2, 0.25) is 0 Å².